The molecule has 5 rings (SSSR count). The summed E-state index contributed by atoms with van der Waals surface area (Å²) in [5.41, 5.74) is 7.00. The number of ketones is 1. The van der Waals surface area contributed by atoms with Gasteiger partial charge < -0.3 is 9.84 Å². The molecule has 0 amide bonds. The van der Waals surface area contributed by atoms with Crippen LogP contribution in [0.1, 0.15) is 52.6 Å². The van der Waals surface area contributed by atoms with E-state index in [1.54, 1.807) is 0 Å². The first-order valence-electron chi connectivity index (χ1n) is 9.83. The highest BCUT2D eigenvalue weighted by Gasteiger charge is 2.41. The number of benzene rings is 2. The Morgan fingerprint density at radius 1 is 1.07 bits per heavy atom. The third-order valence-corrected chi connectivity index (χ3v) is 6.35. The topological polar surface area (TPSA) is 55.1 Å². The van der Waals surface area contributed by atoms with Crippen LogP contribution in [0.15, 0.2) is 64.3 Å². The molecule has 2 atom stereocenters. The van der Waals surface area contributed by atoms with Crippen molar-refractivity contribution in [2.24, 2.45) is 0 Å². The Hall–Kier alpha value is -2.85. The maximum absolute atomic E-state index is 13.4. The monoisotopic (exact) mass is 404 g/mol. The Morgan fingerprint density at radius 3 is 2.59 bits per heavy atom. The van der Waals surface area contributed by atoms with Crippen molar-refractivity contribution in [1.29, 1.82) is 0 Å². The Labute approximate surface area is 174 Å². The maximum atomic E-state index is 13.4. The normalized spacial score (nSPS) is 20.9. The van der Waals surface area contributed by atoms with E-state index in [1.807, 2.05) is 43.3 Å². The molecule has 4 nitrogen and oxygen atoms in total. The molecular formula is C24H21ClN2O2. The molecule has 2 heterocycles. The average Bonchev–Trinajstić information content (AvgIpc) is 3.08. The zero-order valence-corrected chi connectivity index (χ0v) is 17.1. The van der Waals surface area contributed by atoms with Gasteiger partial charge in [0.05, 0.1) is 11.3 Å². The standard InChI is InChI=1S/C24H21ClN2O2/c1-13-5-3-4-6-18(13)22-21-14(2)27-29-24(21)26-19-11-16(12-20(28)23(19)22)15-7-9-17(25)10-8-15/h3-10,16,22,26H,11-12H2,1-2H3. The Balaban J connectivity index is 1.63. The fourth-order valence-electron chi connectivity index (χ4n) is 4.66. The first-order chi connectivity index (χ1) is 14.0. The Morgan fingerprint density at radius 2 is 1.83 bits per heavy atom. The number of nitrogens with one attached hydrogen (secondary N) is 1. The van der Waals surface area contributed by atoms with Crippen LogP contribution in [-0.2, 0) is 4.79 Å². The highest BCUT2D eigenvalue weighted by Crippen LogP contribution is 2.49. The second kappa shape index (κ2) is 6.89. The summed E-state index contributed by atoms with van der Waals surface area (Å²) in [6.45, 7) is 4.02. The summed E-state index contributed by atoms with van der Waals surface area (Å²) in [6, 6.07) is 16.0. The molecule has 29 heavy (non-hydrogen) atoms. The van der Waals surface area contributed by atoms with Gasteiger partial charge >= 0.3 is 0 Å². The van der Waals surface area contributed by atoms with E-state index < -0.39 is 0 Å². The molecule has 1 aliphatic heterocycles. The van der Waals surface area contributed by atoms with Crippen LogP contribution >= 0.6 is 11.6 Å². The summed E-state index contributed by atoms with van der Waals surface area (Å²) in [6.07, 6.45) is 1.24. The van der Waals surface area contributed by atoms with Crippen LogP contribution < -0.4 is 5.32 Å². The number of hydrogen-bond acceptors (Lipinski definition) is 4. The van der Waals surface area contributed by atoms with Crippen LogP contribution in [0.3, 0.4) is 0 Å². The largest absolute Gasteiger partial charge is 0.338 e. The van der Waals surface area contributed by atoms with Crippen molar-refractivity contribution < 1.29 is 9.32 Å². The number of aryl methyl sites for hydroxylation is 2. The molecule has 1 N–H and O–H groups in total. The second-order valence-electron chi connectivity index (χ2n) is 7.90. The predicted molar refractivity (Wildman–Crippen MR) is 113 cm³/mol. The van der Waals surface area contributed by atoms with Crippen molar-refractivity contribution in [3.05, 3.63) is 92.8 Å². The number of halogens is 1. The first kappa shape index (κ1) is 18.2. The lowest BCUT2D eigenvalue weighted by Crippen LogP contribution is -2.29. The number of Topliss-reactive ketones (excluding diaryl/α,β-unsaturated/α-hetero) is 1. The van der Waals surface area contributed by atoms with Crippen molar-refractivity contribution >= 4 is 23.3 Å². The summed E-state index contributed by atoms with van der Waals surface area (Å²) in [4.78, 5) is 13.4. The fraction of sp³-hybridized carbons (Fsp3) is 0.250. The van der Waals surface area contributed by atoms with Gasteiger partial charge in [-0.1, -0.05) is 53.2 Å². The molecule has 0 spiro atoms. The smallest absolute Gasteiger partial charge is 0.233 e. The number of fused-ring (bicyclic) bond motifs is 1. The zero-order chi connectivity index (χ0) is 20.1. The number of anilines is 1. The average molecular weight is 405 g/mol. The van der Waals surface area contributed by atoms with Crippen molar-refractivity contribution in [2.75, 3.05) is 5.32 Å². The van der Waals surface area contributed by atoms with E-state index in [1.165, 1.54) is 0 Å². The number of carbonyl (C=O) groups is 1. The third-order valence-electron chi connectivity index (χ3n) is 6.10. The molecule has 3 aromatic rings. The molecule has 0 radical (unpaired) electrons. The van der Waals surface area contributed by atoms with Crippen LogP contribution in [-0.4, -0.2) is 10.9 Å². The van der Waals surface area contributed by atoms with Gasteiger partial charge in [0.15, 0.2) is 5.78 Å². The molecule has 0 fully saturated rings. The SMILES string of the molecule is Cc1ccccc1C1C2=C(CC(c3ccc(Cl)cc3)CC2=O)Nc2onc(C)c21. The van der Waals surface area contributed by atoms with Crippen molar-refractivity contribution in [1.82, 2.24) is 5.16 Å². The fourth-order valence-corrected chi connectivity index (χ4v) is 4.79. The predicted octanol–water partition coefficient (Wildman–Crippen LogP) is 5.90. The molecule has 5 heteroatoms. The maximum Gasteiger partial charge on any atom is 0.233 e. The van der Waals surface area contributed by atoms with E-state index in [-0.39, 0.29) is 17.6 Å². The minimum atomic E-state index is -0.146. The molecule has 0 saturated heterocycles. The van der Waals surface area contributed by atoms with Gasteiger partial charge in [0.25, 0.3) is 0 Å². The van der Waals surface area contributed by atoms with Crippen LogP contribution in [0.25, 0.3) is 0 Å². The quantitative estimate of drug-likeness (QED) is 0.577. The highest BCUT2D eigenvalue weighted by atomic mass is 35.5. The van der Waals surface area contributed by atoms with Crippen LogP contribution in [0, 0.1) is 13.8 Å². The van der Waals surface area contributed by atoms with Gasteiger partial charge in [-0.25, -0.2) is 0 Å². The number of hydrogen-bond donors (Lipinski definition) is 1. The zero-order valence-electron chi connectivity index (χ0n) is 16.3. The van der Waals surface area contributed by atoms with Gasteiger partial charge in [-0.3, -0.25) is 4.79 Å². The third kappa shape index (κ3) is 2.99. The molecule has 1 aromatic heterocycles. The first-order valence-corrected chi connectivity index (χ1v) is 10.2. The lowest BCUT2D eigenvalue weighted by molar-refractivity contribution is -0.116. The van der Waals surface area contributed by atoms with Crippen LogP contribution in [0.5, 0.6) is 0 Å². The minimum absolute atomic E-state index is 0.120. The molecular weight excluding hydrogens is 384 g/mol. The van der Waals surface area contributed by atoms with Gasteiger partial charge in [0, 0.05) is 28.6 Å². The van der Waals surface area contributed by atoms with Gasteiger partial charge in [-0.2, -0.15) is 0 Å². The summed E-state index contributed by atoms with van der Waals surface area (Å²) in [5.74, 6) is 0.804. The number of aromatic nitrogens is 1. The van der Waals surface area contributed by atoms with Crippen LogP contribution in [0.4, 0.5) is 5.88 Å². The molecule has 0 saturated carbocycles. The van der Waals surface area contributed by atoms with E-state index in [0.717, 1.165) is 45.6 Å². The molecule has 0 bridgehead atoms. The highest BCUT2D eigenvalue weighted by molar-refractivity contribution is 6.30. The lowest BCUT2D eigenvalue weighted by Gasteiger charge is -2.35. The lowest BCUT2D eigenvalue weighted by atomic mass is 9.72. The molecule has 2 aromatic carbocycles. The molecule has 1 aliphatic carbocycles. The van der Waals surface area contributed by atoms with Crippen molar-refractivity contribution in [3.63, 3.8) is 0 Å². The number of carbonyl (C=O) groups excluding carboxylic acids is 1. The van der Waals surface area contributed by atoms with E-state index in [2.05, 4.69) is 29.5 Å². The van der Waals surface area contributed by atoms with Gasteiger partial charge in [0.1, 0.15) is 0 Å². The number of nitrogens with zero attached hydrogens (tertiary/aromatic N) is 1. The van der Waals surface area contributed by atoms with Crippen LogP contribution in [0.2, 0.25) is 5.02 Å². The molecule has 2 unspecified atom stereocenters. The second-order valence-corrected chi connectivity index (χ2v) is 8.33. The van der Waals surface area contributed by atoms with Gasteiger partial charge in [-0.05, 0) is 55.0 Å². The van der Waals surface area contributed by atoms with Gasteiger partial charge in [-0.15, -0.1) is 0 Å². The Bertz CT molecular complexity index is 1140. The van der Waals surface area contributed by atoms with Crippen molar-refractivity contribution in [3.8, 4) is 0 Å². The number of rotatable bonds is 2. The summed E-state index contributed by atoms with van der Waals surface area (Å²) < 4.78 is 5.60. The van der Waals surface area contributed by atoms with E-state index in [0.29, 0.717) is 17.3 Å². The molecule has 2 aliphatic rings. The summed E-state index contributed by atoms with van der Waals surface area (Å²) in [7, 11) is 0. The van der Waals surface area contributed by atoms with Gasteiger partial charge in [0.2, 0.25) is 5.88 Å². The number of allylic oxidation sites excluding steroid dienone is 2. The Kier molecular flexibility index (Phi) is 4.32. The summed E-state index contributed by atoms with van der Waals surface area (Å²) in [5, 5.41) is 8.27. The summed E-state index contributed by atoms with van der Waals surface area (Å²) >= 11 is 6.04. The van der Waals surface area contributed by atoms with E-state index >= 15 is 0 Å². The molecule has 146 valence electrons. The van der Waals surface area contributed by atoms with Crippen molar-refractivity contribution in [2.45, 2.75) is 38.5 Å². The van der Waals surface area contributed by atoms with E-state index in [4.69, 9.17) is 16.1 Å². The minimum Gasteiger partial charge on any atom is -0.338 e. The van der Waals surface area contributed by atoms with E-state index in [9.17, 15) is 4.79 Å².